The molecule has 0 heterocycles. The van der Waals surface area contributed by atoms with Crippen LogP contribution in [0.3, 0.4) is 0 Å². The number of benzene rings is 2. The summed E-state index contributed by atoms with van der Waals surface area (Å²) in [6.45, 7) is 2.13. The molecule has 158 valence electrons. The molecule has 0 fully saturated rings. The van der Waals surface area contributed by atoms with Crippen molar-refractivity contribution in [1.82, 2.24) is 10.6 Å². The highest BCUT2D eigenvalue weighted by molar-refractivity contribution is 7.92. The first-order chi connectivity index (χ1) is 13.8. The Morgan fingerprint density at radius 3 is 2.52 bits per heavy atom. The summed E-state index contributed by atoms with van der Waals surface area (Å²) in [6, 6.07) is 13.8. The number of nitrogens with one attached hydrogen (secondary N) is 3. The van der Waals surface area contributed by atoms with E-state index in [2.05, 4.69) is 20.3 Å². The maximum atomic E-state index is 13.6. The van der Waals surface area contributed by atoms with Crippen molar-refractivity contribution in [3.05, 3.63) is 65.5 Å². The highest BCUT2D eigenvalue weighted by Crippen LogP contribution is 2.15. The highest BCUT2D eigenvalue weighted by Gasteiger charge is 2.13. The molecule has 0 radical (unpaired) electrons. The summed E-state index contributed by atoms with van der Waals surface area (Å²) < 4.78 is 40.3. The van der Waals surface area contributed by atoms with E-state index >= 15 is 0 Å². The number of halogens is 1. The predicted octanol–water partition coefficient (Wildman–Crippen LogP) is 1.82. The van der Waals surface area contributed by atoms with E-state index in [4.69, 9.17) is 0 Å². The number of hydrogen-bond acceptors (Lipinski definition) is 4. The molecule has 9 heteroatoms. The van der Waals surface area contributed by atoms with Crippen LogP contribution in [0.5, 0.6) is 0 Å². The number of aliphatic hydroxyl groups is 1. The van der Waals surface area contributed by atoms with Crippen LogP contribution < -0.4 is 15.4 Å². The predicted molar refractivity (Wildman–Crippen MR) is 114 cm³/mol. The van der Waals surface area contributed by atoms with Crippen LogP contribution >= 0.6 is 0 Å². The maximum absolute atomic E-state index is 13.6. The van der Waals surface area contributed by atoms with Crippen molar-refractivity contribution in [3.8, 4) is 0 Å². The Labute approximate surface area is 171 Å². The number of aliphatic hydroxyl groups excluding tert-OH is 1. The largest absolute Gasteiger partial charge is 0.396 e. The Morgan fingerprint density at radius 2 is 1.90 bits per heavy atom. The van der Waals surface area contributed by atoms with Crippen LogP contribution in [0.1, 0.15) is 17.0 Å². The van der Waals surface area contributed by atoms with Crippen molar-refractivity contribution in [3.63, 3.8) is 0 Å². The van der Waals surface area contributed by atoms with E-state index in [1.807, 2.05) is 30.3 Å². The van der Waals surface area contributed by atoms with Crippen molar-refractivity contribution >= 4 is 21.7 Å². The lowest BCUT2D eigenvalue weighted by molar-refractivity contribution is 0.265. The zero-order valence-corrected chi connectivity index (χ0v) is 17.3. The number of hydrogen-bond donors (Lipinski definition) is 4. The fourth-order valence-corrected chi connectivity index (χ4v) is 3.60. The van der Waals surface area contributed by atoms with Crippen molar-refractivity contribution < 1.29 is 17.9 Å². The second kappa shape index (κ2) is 10.8. The molecule has 7 nitrogen and oxygen atoms in total. The molecular formula is C20H27FN4O3S. The second-order valence-corrected chi connectivity index (χ2v) is 8.40. The average Bonchev–Trinajstić information content (AvgIpc) is 2.70. The van der Waals surface area contributed by atoms with Gasteiger partial charge in [-0.3, -0.25) is 9.71 Å². The normalized spacial score (nSPS) is 13.0. The van der Waals surface area contributed by atoms with Crippen molar-refractivity contribution in [2.45, 2.75) is 12.8 Å². The topological polar surface area (TPSA) is 103 Å². The van der Waals surface area contributed by atoms with Crippen LogP contribution in [0.15, 0.2) is 53.5 Å². The van der Waals surface area contributed by atoms with Gasteiger partial charge in [0.25, 0.3) is 0 Å². The van der Waals surface area contributed by atoms with Gasteiger partial charge in [-0.25, -0.2) is 12.8 Å². The molecule has 1 atom stereocenters. The van der Waals surface area contributed by atoms with Crippen LogP contribution in [0.4, 0.5) is 10.1 Å². The molecule has 0 spiro atoms. The SMILES string of the molecule is CN=C(NCCS(=O)(=O)Nc1ccc(C)c(F)c1)NCC(CO)c1ccccc1. The van der Waals surface area contributed by atoms with Crippen molar-refractivity contribution in [2.24, 2.45) is 4.99 Å². The zero-order chi connectivity index (χ0) is 21.3. The fraction of sp³-hybridized carbons (Fsp3) is 0.350. The molecule has 0 aliphatic rings. The summed E-state index contributed by atoms with van der Waals surface area (Å²) in [4.78, 5) is 4.06. The molecule has 2 aromatic carbocycles. The van der Waals surface area contributed by atoms with Crippen LogP contribution in [-0.4, -0.2) is 52.0 Å². The van der Waals surface area contributed by atoms with Crippen molar-refractivity contribution in [2.75, 3.05) is 37.2 Å². The summed E-state index contributed by atoms with van der Waals surface area (Å²) in [6.07, 6.45) is 0. The van der Waals surface area contributed by atoms with Gasteiger partial charge in [-0.15, -0.1) is 0 Å². The fourth-order valence-electron chi connectivity index (χ4n) is 2.64. The summed E-state index contributed by atoms with van der Waals surface area (Å²) in [7, 11) is -2.07. The lowest BCUT2D eigenvalue weighted by Crippen LogP contribution is -2.42. The summed E-state index contributed by atoms with van der Waals surface area (Å²) >= 11 is 0. The Bertz CT molecular complexity index is 921. The first-order valence-electron chi connectivity index (χ1n) is 9.21. The molecule has 1 unspecified atom stereocenters. The minimum absolute atomic E-state index is 0.0284. The van der Waals surface area contributed by atoms with Crippen LogP contribution in [-0.2, 0) is 10.0 Å². The first-order valence-corrected chi connectivity index (χ1v) is 10.9. The minimum Gasteiger partial charge on any atom is -0.396 e. The molecule has 2 aromatic rings. The Balaban J connectivity index is 1.83. The highest BCUT2D eigenvalue weighted by atomic mass is 32.2. The van der Waals surface area contributed by atoms with E-state index in [0.29, 0.717) is 18.1 Å². The molecule has 0 saturated carbocycles. The summed E-state index contributed by atoms with van der Waals surface area (Å²) in [5.74, 6) is -0.372. The van der Waals surface area contributed by atoms with Crippen LogP contribution in [0.2, 0.25) is 0 Å². The van der Waals surface area contributed by atoms with Gasteiger partial charge in [0.1, 0.15) is 5.82 Å². The maximum Gasteiger partial charge on any atom is 0.234 e. The van der Waals surface area contributed by atoms with Crippen LogP contribution in [0.25, 0.3) is 0 Å². The third-order valence-corrected chi connectivity index (χ3v) is 5.63. The van der Waals surface area contributed by atoms with E-state index in [1.165, 1.54) is 12.1 Å². The lowest BCUT2D eigenvalue weighted by atomic mass is 10.0. The number of aliphatic imine (C=N–C) groups is 1. The molecule has 2 rings (SSSR count). The Hall–Kier alpha value is -2.65. The van der Waals surface area contributed by atoms with Crippen molar-refractivity contribution in [1.29, 1.82) is 0 Å². The molecule has 0 aliphatic heterocycles. The third kappa shape index (κ3) is 7.35. The lowest BCUT2D eigenvalue weighted by Gasteiger charge is -2.18. The van der Waals surface area contributed by atoms with Gasteiger partial charge in [0.2, 0.25) is 10.0 Å². The second-order valence-electron chi connectivity index (χ2n) is 6.55. The Morgan fingerprint density at radius 1 is 1.17 bits per heavy atom. The third-order valence-electron chi connectivity index (χ3n) is 4.34. The van der Waals surface area contributed by atoms with E-state index in [-0.39, 0.29) is 30.5 Å². The number of aryl methyl sites for hydroxylation is 1. The van der Waals surface area contributed by atoms with E-state index < -0.39 is 15.8 Å². The standard InChI is InChI=1S/C20H27FN4O3S/c1-15-8-9-18(12-19(15)21)25-29(27,28)11-10-23-20(22-2)24-13-17(14-26)16-6-4-3-5-7-16/h3-9,12,17,25-26H,10-11,13-14H2,1-2H3,(H2,22,23,24). The van der Waals surface area contributed by atoms with Crippen LogP contribution in [0, 0.1) is 12.7 Å². The molecule has 0 amide bonds. The summed E-state index contributed by atoms with van der Waals surface area (Å²) in [5.41, 5.74) is 1.63. The number of anilines is 1. The molecular weight excluding hydrogens is 395 g/mol. The van der Waals surface area contributed by atoms with Gasteiger partial charge < -0.3 is 15.7 Å². The minimum atomic E-state index is -3.65. The van der Waals surface area contributed by atoms with E-state index in [0.717, 1.165) is 11.6 Å². The molecule has 4 N–H and O–H groups in total. The first kappa shape index (κ1) is 22.6. The molecule has 0 aliphatic carbocycles. The number of rotatable bonds is 9. The monoisotopic (exact) mass is 422 g/mol. The number of nitrogens with zero attached hydrogens (tertiary/aromatic N) is 1. The van der Waals surface area contributed by atoms with Gasteiger partial charge in [-0.05, 0) is 30.2 Å². The van der Waals surface area contributed by atoms with E-state index in [9.17, 15) is 17.9 Å². The van der Waals surface area contributed by atoms with Gasteiger partial charge in [-0.1, -0.05) is 36.4 Å². The number of guanidine groups is 1. The molecule has 0 saturated heterocycles. The average molecular weight is 423 g/mol. The number of sulfonamides is 1. The van der Waals surface area contributed by atoms with Gasteiger partial charge in [0.05, 0.1) is 18.0 Å². The smallest absolute Gasteiger partial charge is 0.234 e. The quantitative estimate of drug-likeness (QED) is 0.365. The molecule has 0 aromatic heterocycles. The summed E-state index contributed by atoms with van der Waals surface area (Å²) in [5, 5.41) is 15.6. The molecule has 0 bridgehead atoms. The van der Waals surface area contributed by atoms with Gasteiger partial charge in [0, 0.05) is 26.1 Å². The van der Waals surface area contributed by atoms with E-state index in [1.54, 1.807) is 14.0 Å². The van der Waals surface area contributed by atoms with Gasteiger partial charge >= 0.3 is 0 Å². The Kier molecular flexibility index (Phi) is 8.41. The zero-order valence-electron chi connectivity index (χ0n) is 16.5. The van der Waals surface area contributed by atoms with Gasteiger partial charge in [-0.2, -0.15) is 0 Å². The molecule has 29 heavy (non-hydrogen) atoms. The van der Waals surface area contributed by atoms with Gasteiger partial charge in [0.15, 0.2) is 5.96 Å².